The summed E-state index contributed by atoms with van der Waals surface area (Å²) in [4.78, 5) is 22.2. The van der Waals surface area contributed by atoms with Crippen molar-refractivity contribution in [1.82, 2.24) is 10.6 Å². The molecule has 16 heavy (non-hydrogen) atoms. The summed E-state index contributed by atoms with van der Waals surface area (Å²) in [5.41, 5.74) is -0.521. The summed E-state index contributed by atoms with van der Waals surface area (Å²) in [6, 6.07) is 0. The zero-order chi connectivity index (χ0) is 12.3. The largest absolute Gasteiger partial charge is 0.477 e. The van der Waals surface area contributed by atoms with Gasteiger partial charge in [0.15, 0.2) is 0 Å². The maximum absolute atomic E-state index is 11.4. The summed E-state index contributed by atoms with van der Waals surface area (Å²) in [7, 11) is 0. The van der Waals surface area contributed by atoms with Crippen LogP contribution in [0.4, 0.5) is 0 Å². The molecular weight excluding hydrogens is 208 g/mol. The van der Waals surface area contributed by atoms with Crippen molar-refractivity contribution in [1.29, 1.82) is 0 Å². The Bertz CT molecular complexity index is 338. The van der Waals surface area contributed by atoms with E-state index in [2.05, 4.69) is 10.6 Å². The first kappa shape index (κ1) is 12.5. The van der Waals surface area contributed by atoms with E-state index in [0.29, 0.717) is 12.8 Å². The Morgan fingerprint density at radius 3 is 2.81 bits per heavy atom. The maximum atomic E-state index is 11.4. The van der Waals surface area contributed by atoms with Gasteiger partial charge >= 0.3 is 5.97 Å². The van der Waals surface area contributed by atoms with E-state index in [0.717, 1.165) is 0 Å². The van der Waals surface area contributed by atoms with Crippen molar-refractivity contribution in [2.75, 3.05) is 0 Å². The van der Waals surface area contributed by atoms with Crippen LogP contribution in [0.3, 0.4) is 0 Å². The molecule has 90 valence electrons. The number of hydrogen-bond acceptors (Lipinski definition) is 3. The first-order valence-electron chi connectivity index (χ1n) is 5.40. The van der Waals surface area contributed by atoms with Crippen molar-refractivity contribution in [2.24, 2.45) is 5.92 Å². The number of hydrogen-bond donors (Lipinski definition) is 3. The highest BCUT2D eigenvalue weighted by molar-refractivity contribution is 5.86. The van der Waals surface area contributed by atoms with Gasteiger partial charge in [0.1, 0.15) is 11.4 Å². The SMILES string of the molecule is CCC(=O)NC1(C)CC(C)C=C(C(=O)O)N1. The zero-order valence-corrected chi connectivity index (χ0v) is 9.83. The minimum atomic E-state index is -0.997. The lowest BCUT2D eigenvalue weighted by atomic mass is 9.92. The standard InChI is InChI=1S/C11H18N2O3/c1-4-9(14)13-11(3)6-7(2)5-8(12-11)10(15)16/h5,7,12H,4,6H2,1-3H3,(H,13,14)(H,15,16). The van der Waals surface area contributed by atoms with Crippen LogP contribution in [0.25, 0.3) is 0 Å². The fourth-order valence-electron chi connectivity index (χ4n) is 1.98. The smallest absolute Gasteiger partial charge is 0.351 e. The molecule has 0 fully saturated rings. The maximum Gasteiger partial charge on any atom is 0.351 e. The predicted molar refractivity (Wildman–Crippen MR) is 59.5 cm³/mol. The van der Waals surface area contributed by atoms with Crippen LogP contribution in [0.5, 0.6) is 0 Å². The summed E-state index contributed by atoms with van der Waals surface area (Å²) in [5.74, 6) is -0.966. The number of carboxylic acid groups (broad SMARTS) is 1. The van der Waals surface area contributed by atoms with Crippen molar-refractivity contribution in [2.45, 2.75) is 39.3 Å². The molecule has 0 saturated heterocycles. The van der Waals surface area contributed by atoms with E-state index in [1.54, 1.807) is 19.9 Å². The Morgan fingerprint density at radius 1 is 1.69 bits per heavy atom. The van der Waals surface area contributed by atoms with Crippen molar-refractivity contribution in [3.63, 3.8) is 0 Å². The molecular formula is C11H18N2O3. The molecule has 0 bridgehead atoms. The molecule has 0 aromatic carbocycles. The fourth-order valence-corrected chi connectivity index (χ4v) is 1.98. The van der Waals surface area contributed by atoms with E-state index in [1.807, 2.05) is 6.92 Å². The molecule has 2 atom stereocenters. The molecule has 1 aliphatic heterocycles. The van der Waals surface area contributed by atoms with Crippen LogP contribution in [-0.2, 0) is 9.59 Å². The molecule has 3 N–H and O–H groups in total. The Labute approximate surface area is 94.9 Å². The first-order chi connectivity index (χ1) is 7.36. The lowest BCUT2D eigenvalue weighted by molar-refractivity contribution is -0.134. The van der Waals surface area contributed by atoms with Crippen LogP contribution in [0.2, 0.25) is 0 Å². The molecule has 2 unspecified atom stereocenters. The number of carbonyl (C=O) groups excluding carboxylic acids is 1. The van der Waals surface area contributed by atoms with Gasteiger partial charge in [-0.05, 0) is 19.3 Å². The second-order valence-corrected chi connectivity index (χ2v) is 4.43. The van der Waals surface area contributed by atoms with Gasteiger partial charge in [0, 0.05) is 6.42 Å². The summed E-state index contributed by atoms with van der Waals surface area (Å²) in [6.45, 7) is 5.49. The molecule has 1 heterocycles. The van der Waals surface area contributed by atoms with E-state index in [4.69, 9.17) is 5.11 Å². The Hall–Kier alpha value is -1.52. The summed E-state index contributed by atoms with van der Waals surface area (Å²) in [6.07, 6.45) is 2.73. The van der Waals surface area contributed by atoms with Crippen molar-refractivity contribution < 1.29 is 14.7 Å². The molecule has 1 rings (SSSR count). The van der Waals surface area contributed by atoms with Crippen LogP contribution in [0, 0.1) is 5.92 Å². The number of carboxylic acids is 1. The van der Waals surface area contributed by atoms with Gasteiger partial charge in [-0.15, -0.1) is 0 Å². The van der Waals surface area contributed by atoms with Crippen molar-refractivity contribution in [3.8, 4) is 0 Å². The zero-order valence-electron chi connectivity index (χ0n) is 9.83. The van der Waals surface area contributed by atoms with Crippen LogP contribution < -0.4 is 10.6 Å². The van der Waals surface area contributed by atoms with Gasteiger partial charge in [0.25, 0.3) is 0 Å². The Kier molecular flexibility index (Phi) is 3.57. The molecule has 0 aromatic heterocycles. The fraction of sp³-hybridized carbons (Fsp3) is 0.636. The second-order valence-electron chi connectivity index (χ2n) is 4.43. The number of carbonyl (C=O) groups is 2. The van der Waals surface area contributed by atoms with E-state index < -0.39 is 11.6 Å². The molecule has 5 nitrogen and oxygen atoms in total. The molecule has 0 aliphatic carbocycles. The van der Waals surface area contributed by atoms with Gasteiger partial charge in [-0.2, -0.15) is 0 Å². The van der Waals surface area contributed by atoms with Gasteiger partial charge in [0.05, 0.1) is 0 Å². The number of allylic oxidation sites excluding steroid dienone is 1. The predicted octanol–water partition coefficient (Wildman–Crippen LogP) is 0.827. The topological polar surface area (TPSA) is 78.4 Å². The molecule has 0 saturated carbocycles. The van der Waals surface area contributed by atoms with Crippen molar-refractivity contribution >= 4 is 11.9 Å². The molecule has 0 spiro atoms. The minimum Gasteiger partial charge on any atom is -0.477 e. The Balaban J connectivity index is 2.81. The third kappa shape index (κ3) is 2.98. The third-order valence-electron chi connectivity index (χ3n) is 2.56. The molecule has 1 aliphatic rings. The van der Waals surface area contributed by atoms with Gasteiger partial charge < -0.3 is 15.7 Å². The highest BCUT2D eigenvalue weighted by Crippen LogP contribution is 2.23. The monoisotopic (exact) mass is 226 g/mol. The van der Waals surface area contributed by atoms with Crippen molar-refractivity contribution in [3.05, 3.63) is 11.8 Å². The quantitative estimate of drug-likeness (QED) is 0.666. The van der Waals surface area contributed by atoms with E-state index in [-0.39, 0.29) is 17.5 Å². The van der Waals surface area contributed by atoms with Crippen LogP contribution >= 0.6 is 0 Å². The highest BCUT2D eigenvalue weighted by atomic mass is 16.4. The minimum absolute atomic E-state index is 0.0890. The van der Waals surface area contributed by atoms with E-state index >= 15 is 0 Å². The van der Waals surface area contributed by atoms with Crippen LogP contribution in [0.1, 0.15) is 33.6 Å². The van der Waals surface area contributed by atoms with Gasteiger partial charge in [-0.25, -0.2) is 4.79 Å². The number of aliphatic carboxylic acids is 1. The van der Waals surface area contributed by atoms with E-state index in [9.17, 15) is 9.59 Å². The van der Waals surface area contributed by atoms with Gasteiger partial charge in [0.2, 0.25) is 5.91 Å². The first-order valence-corrected chi connectivity index (χ1v) is 5.40. The summed E-state index contributed by atoms with van der Waals surface area (Å²) in [5, 5.41) is 14.6. The van der Waals surface area contributed by atoms with Crippen LogP contribution in [0.15, 0.2) is 11.8 Å². The van der Waals surface area contributed by atoms with Gasteiger partial charge in [-0.1, -0.05) is 19.9 Å². The number of rotatable bonds is 3. The average Bonchev–Trinajstić information content (AvgIpc) is 2.15. The average molecular weight is 226 g/mol. The third-order valence-corrected chi connectivity index (χ3v) is 2.56. The molecule has 1 amide bonds. The molecule has 0 radical (unpaired) electrons. The summed E-state index contributed by atoms with van der Waals surface area (Å²) < 4.78 is 0. The highest BCUT2D eigenvalue weighted by Gasteiger charge is 2.33. The molecule has 0 aromatic rings. The number of amides is 1. The molecule has 5 heteroatoms. The lowest BCUT2D eigenvalue weighted by Gasteiger charge is -2.38. The van der Waals surface area contributed by atoms with Gasteiger partial charge in [-0.3, -0.25) is 4.79 Å². The normalized spacial score (nSPS) is 28.9. The van der Waals surface area contributed by atoms with E-state index in [1.165, 1.54) is 0 Å². The Morgan fingerprint density at radius 2 is 2.31 bits per heavy atom. The summed E-state index contributed by atoms with van der Waals surface area (Å²) >= 11 is 0. The second kappa shape index (κ2) is 4.55. The lowest BCUT2D eigenvalue weighted by Crippen LogP contribution is -2.59. The van der Waals surface area contributed by atoms with Crippen LogP contribution in [-0.4, -0.2) is 22.6 Å². The number of nitrogens with one attached hydrogen (secondary N) is 2.